The topological polar surface area (TPSA) is 26.0 Å². The van der Waals surface area contributed by atoms with E-state index in [-0.39, 0.29) is 0 Å². The van der Waals surface area contributed by atoms with Crippen LogP contribution in [-0.2, 0) is 6.42 Å². The quantitative estimate of drug-likeness (QED) is 0.545. The van der Waals surface area contributed by atoms with Gasteiger partial charge in [0.1, 0.15) is 0 Å². The van der Waals surface area contributed by atoms with Gasteiger partial charge in [-0.15, -0.1) is 0 Å². The molecule has 122 valence electrons. The predicted molar refractivity (Wildman–Crippen MR) is 107 cm³/mol. The summed E-state index contributed by atoms with van der Waals surface area (Å²) >= 11 is 0. The van der Waals surface area contributed by atoms with Crippen LogP contribution < -0.4 is 21.0 Å². The lowest BCUT2D eigenvalue weighted by molar-refractivity contribution is 0.797. The summed E-state index contributed by atoms with van der Waals surface area (Å²) in [7, 11) is -2.47. The van der Waals surface area contributed by atoms with Gasteiger partial charge in [0.2, 0.25) is 8.24 Å². The van der Waals surface area contributed by atoms with E-state index in [9.17, 15) is 0 Å². The summed E-state index contributed by atoms with van der Waals surface area (Å²) in [6.07, 6.45) is 3.49. The maximum Gasteiger partial charge on any atom is 0.219 e. The molecule has 2 N–H and O–H groups in total. The van der Waals surface area contributed by atoms with Gasteiger partial charge in [0.05, 0.1) is 0 Å². The number of rotatable bonds is 6. The first kappa shape index (κ1) is 16.7. The van der Waals surface area contributed by atoms with Gasteiger partial charge in [0, 0.05) is 0 Å². The lowest BCUT2D eigenvalue weighted by Crippen LogP contribution is -2.75. The van der Waals surface area contributed by atoms with Gasteiger partial charge in [-0.1, -0.05) is 98.3 Å². The number of hydrogen-bond acceptors (Lipinski definition) is 1. The number of unbranched alkanes of at least 4 members (excludes halogenated alkanes) is 1. The second kappa shape index (κ2) is 7.60. The lowest BCUT2D eigenvalue weighted by atomic mass is 10.1. The Morgan fingerprint density at radius 2 is 1.21 bits per heavy atom. The van der Waals surface area contributed by atoms with Crippen LogP contribution >= 0.6 is 0 Å². The maximum atomic E-state index is 7.27. The standard InChI is InChI=1S/C22H25NSi/c1-2-3-12-19-13-10-11-18-22(19)24(23,20-14-6-4-7-15-20)21-16-8-5-9-17-21/h4-11,13-18H,2-3,12,23H2,1H3. The van der Waals surface area contributed by atoms with E-state index in [0.29, 0.717) is 0 Å². The third-order valence-corrected chi connectivity index (χ3v) is 8.53. The summed E-state index contributed by atoms with van der Waals surface area (Å²) in [5.41, 5.74) is 1.40. The Hall–Kier alpha value is -2.16. The summed E-state index contributed by atoms with van der Waals surface area (Å²) in [6, 6.07) is 30.1. The third-order valence-electron chi connectivity index (χ3n) is 4.70. The summed E-state index contributed by atoms with van der Waals surface area (Å²) in [5.74, 6) is 0. The molecule has 0 bridgehead atoms. The highest BCUT2D eigenvalue weighted by Gasteiger charge is 2.36. The highest BCUT2D eigenvalue weighted by Crippen LogP contribution is 2.09. The number of nitrogens with two attached hydrogens (primary N) is 1. The molecule has 0 saturated heterocycles. The average Bonchev–Trinajstić information content (AvgIpc) is 2.67. The van der Waals surface area contributed by atoms with E-state index in [2.05, 4.69) is 91.9 Å². The SMILES string of the molecule is CCCCc1ccccc1[Si](N)(c1ccccc1)c1ccccc1. The fourth-order valence-corrected chi connectivity index (χ4v) is 6.84. The van der Waals surface area contributed by atoms with E-state index in [1.807, 2.05) is 0 Å². The van der Waals surface area contributed by atoms with Crippen LogP contribution in [0.25, 0.3) is 0 Å². The maximum absolute atomic E-state index is 7.27. The molecule has 0 aliphatic carbocycles. The first-order valence-corrected chi connectivity index (χ1v) is 10.8. The van der Waals surface area contributed by atoms with Crippen LogP contribution in [0, 0.1) is 0 Å². The van der Waals surface area contributed by atoms with E-state index in [4.69, 9.17) is 5.40 Å². The Kier molecular flexibility index (Phi) is 5.29. The largest absolute Gasteiger partial charge is 0.340 e. The molecule has 3 aromatic rings. The molecule has 0 aliphatic heterocycles. The summed E-state index contributed by atoms with van der Waals surface area (Å²) < 4.78 is 0. The number of aryl methyl sites for hydroxylation is 1. The van der Waals surface area contributed by atoms with E-state index in [0.717, 1.165) is 6.42 Å². The van der Waals surface area contributed by atoms with E-state index in [1.165, 1.54) is 34.0 Å². The fraction of sp³-hybridized carbons (Fsp3) is 0.182. The van der Waals surface area contributed by atoms with Crippen molar-refractivity contribution < 1.29 is 0 Å². The number of benzene rings is 3. The van der Waals surface area contributed by atoms with Crippen molar-refractivity contribution in [2.45, 2.75) is 26.2 Å². The third kappa shape index (κ3) is 3.21. The van der Waals surface area contributed by atoms with Crippen LogP contribution in [0.3, 0.4) is 0 Å². The van der Waals surface area contributed by atoms with Crippen LogP contribution in [0.4, 0.5) is 0 Å². The van der Waals surface area contributed by atoms with Gasteiger partial charge < -0.3 is 5.40 Å². The Morgan fingerprint density at radius 1 is 0.708 bits per heavy atom. The molecule has 24 heavy (non-hydrogen) atoms. The van der Waals surface area contributed by atoms with Gasteiger partial charge in [-0.3, -0.25) is 0 Å². The molecule has 0 atom stereocenters. The summed E-state index contributed by atoms with van der Waals surface area (Å²) in [4.78, 5) is 0. The van der Waals surface area contributed by atoms with Crippen molar-refractivity contribution in [2.75, 3.05) is 0 Å². The average molecular weight is 332 g/mol. The van der Waals surface area contributed by atoms with Crippen molar-refractivity contribution in [3.05, 3.63) is 90.5 Å². The molecule has 0 unspecified atom stereocenters. The second-order valence-electron chi connectivity index (χ2n) is 6.30. The van der Waals surface area contributed by atoms with Crippen molar-refractivity contribution in [1.82, 2.24) is 0 Å². The van der Waals surface area contributed by atoms with Gasteiger partial charge in [-0.25, -0.2) is 0 Å². The molecule has 0 saturated carbocycles. The van der Waals surface area contributed by atoms with Crippen LogP contribution in [0.2, 0.25) is 0 Å². The van der Waals surface area contributed by atoms with Crippen LogP contribution in [0.15, 0.2) is 84.9 Å². The number of hydrogen-bond donors (Lipinski definition) is 1. The fourth-order valence-electron chi connectivity index (χ4n) is 3.37. The van der Waals surface area contributed by atoms with Crippen molar-refractivity contribution in [3.8, 4) is 0 Å². The monoisotopic (exact) mass is 331 g/mol. The lowest BCUT2D eigenvalue weighted by Gasteiger charge is -2.30. The molecule has 0 amide bonds. The minimum atomic E-state index is -2.47. The first-order valence-electron chi connectivity index (χ1n) is 8.75. The zero-order chi connectivity index (χ0) is 16.8. The van der Waals surface area contributed by atoms with Gasteiger partial charge in [-0.2, -0.15) is 0 Å². The van der Waals surface area contributed by atoms with Gasteiger partial charge in [0.25, 0.3) is 0 Å². The summed E-state index contributed by atoms with van der Waals surface area (Å²) in [6.45, 7) is 2.24. The normalized spacial score (nSPS) is 11.4. The first-order chi connectivity index (χ1) is 11.8. The van der Waals surface area contributed by atoms with Crippen LogP contribution in [-0.4, -0.2) is 8.24 Å². The molecule has 0 aliphatic rings. The molecule has 3 aromatic carbocycles. The predicted octanol–water partition coefficient (Wildman–Crippen LogP) is 2.95. The molecular formula is C22H25NSi. The molecule has 0 radical (unpaired) electrons. The molecular weight excluding hydrogens is 306 g/mol. The van der Waals surface area contributed by atoms with Gasteiger partial charge in [-0.05, 0) is 34.0 Å². The molecule has 2 heteroatoms. The molecule has 0 spiro atoms. The Labute approximate surface area is 146 Å². The van der Waals surface area contributed by atoms with Crippen LogP contribution in [0.5, 0.6) is 0 Å². The highest BCUT2D eigenvalue weighted by atomic mass is 28.3. The molecule has 0 heterocycles. The smallest absolute Gasteiger partial charge is 0.219 e. The van der Waals surface area contributed by atoms with Crippen molar-refractivity contribution >= 4 is 23.8 Å². The van der Waals surface area contributed by atoms with Crippen molar-refractivity contribution in [2.24, 2.45) is 5.40 Å². The van der Waals surface area contributed by atoms with Crippen molar-refractivity contribution in [1.29, 1.82) is 0 Å². The minimum absolute atomic E-state index is 1.10. The molecule has 0 aromatic heterocycles. The Balaban J connectivity index is 2.20. The minimum Gasteiger partial charge on any atom is -0.340 e. The summed E-state index contributed by atoms with van der Waals surface area (Å²) in [5, 5.41) is 11.1. The van der Waals surface area contributed by atoms with Crippen molar-refractivity contribution in [3.63, 3.8) is 0 Å². The Bertz CT molecular complexity index is 729. The molecule has 3 rings (SSSR count). The van der Waals surface area contributed by atoms with Crippen LogP contribution in [0.1, 0.15) is 25.3 Å². The van der Waals surface area contributed by atoms with Gasteiger partial charge in [0.15, 0.2) is 0 Å². The Morgan fingerprint density at radius 3 is 1.75 bits per heavy atom. The van der Waals surface area contributed by atoms with E-state index in [1.54, 1.807) is 0 Å². The van der Waals surface area contributed by atoms with E-state index < -0.39 is 8.24 Å². The van der Waals surface area contributed by atoms with Gasteiger partial charge >= 0.3 is 0 Å². The second-order valence-corrected chi connectivity index (χ2v) is 9.61. The highest BCUT2D eigenvalue weighted by molar-refractivity contribution is 7.09. The van der Waals surface area contributed by atoms with E-state index >= 15 is 0 Å². The molecule has 1 nitrogen and oxygen atoms in total. The molecule has 0 fully saturated rings. The zero-order valence-corrected chi connectivity index (χ0v) is 15.3. The zero-order valence-electron chi connectivity index (χ0n) is 14.3.